The molecule has 3 heteroatoms. The zero-order valence-electron chi connectivity index (χ0n) is 9.92. The van der Waals surface area contributed by atoms with E-state index in [1.165, 1.54) is 32.5 Å². The Morgan fingerprint density at radius 3 is 2.50 bits per heavy atom. The van der Waals surface area contributed by atoms with Gasteiger partial charge in [0.1, 0.15) is 0 Å². The van der Waals surface area contributed by atoms with Gasteiger partial charge in [-0.25, -0.2) is 0 Å². The van der Waals surface area contributed by atoms with E-state index >= 15 is 0 Å². The van der Waals surface area contributed by atoms with Gasteiger partial charge in [0, 0.05) is 6.04 Å². The van der Waals surface area contributed by atoms with Crippen LogP contribution in [-0.4, -0.2) is 38.0 Å². The lowest BCUT2D eigenvalue weighted by Crippen LogP contribution is -2.41. The van der Waals surface area contributed by atoms with Crippen LogP contribution in [0.5, 0.6) is 0 Å². The molecule has 0 saturated carbocycles. The molecule has 0 amide bonds. The summed E-state index contributed by atoms with van der Waals surface area (Å²) in [5.41, 5.74) is 0. The molecule has 14 heavy (non-hydrogen) atoms. The maximum Gasteiger partial charge on any atom is 0.204 e. The lowest BCUT2D eigenvalue weighted by atomic mass is 9.88. The molecule has 0 aromatic heterocycles. The van der Waals surface area contributed by atoms with Gasteiger partial charge < -0.3 is 10.1 Å². The van der Waals surface area contributed by atoms with Crippen LogP contribution in [0.15, 0.2) is 0 Å². The number of nitrogens with zero attached hydrogens (tertiary/aromatic N) is 1. The van der Waals surface area contributed by atoms with Crippen molar-refractivity contribution in [1.82, 2.24) is 10.1 Å². The number of nitrogens with one attached hydrogen (secondary N) is 1. The van der Waals surface area contributed by atoms with Crippen molar-refractivity contribution in [2.24, 2.45) is 5.92 Å². The third-order valence-electron chi connectivity index (χ3n) is 3.13. The lowest BCUT2D eigenvalue weighted by Gasteiger charge is -2.34. The number of piperidine rings is 1. The van der Waals surface area contributed by atoms with Crippen molar-refractivity contribution in [3.05, 3.63) is 0 Å². The SMILES string of the molecule is CC[B]NCC1CCN(C(C)C)CC1. The summed E-state index contributed by atoms with van der Waals surface area (Å²) in [4.78, 5) is 2.58. The van der Waals surface area contributed by atoms with Crippen molar-refractivity contribution in [2.75, 3.05) is 19.6 Å². The highest BCUT2D eigenvalue weighted by Gasteiger charge is 2.19. The molecule has 1 fully saturated rings. The molecule has 2 nitrogen and oxygen atoms in total. The molecule has 1 aliphatic heterocycles. The van der Waals surface area contributed by atoms with Crippen LogP contribution in [0, 0.1) is 5.92 Å². The van der Waals surface area contributed by atoms with E-state index in [4.69, 9.17) is 0 Å². The van der Waals surface area contributed by atoms with E-state index in [0.29, 0.717) is 0 Å². The monoisotopic (exact) mass is 195 g/mol. The van der Waals surface area contributed by atoms with Crippen LogP contribution in [-0.2, 0) is 0 Å². The molecule has 81 valence electrons. The standard InChI is InChI=1S/C11H24BN2/c1-4-12-13-9-11-5-7-14(8-6-11)10(2)3/h10-11,13H,4-9H2,1-3H3. The third-order valence-corrected chi connectivity index (χ3v) is 3.13. The normalized spacial score (nSPS) is 20.3. The van der Waals surface area contributed by atoms with E-state index in [1.807, 2.05) is 0 Å². The van der Waals surface area contributed by atoms with Gasteiger partial charge in [0.15, 0.2) is 0 Å². The minimum absolute atomic E-state index is 0.728. The Hall–Kier alpha value is -0.0151. The summed E-state index contributed by atoms with van der Waals surface area (Å²) in [6.45, 7) is 10.5. The maximum absolute atomic E-state index is 3.41. The Kier molecular flexibility index (Phi) is 5.57. The Labute approximate surface area is 89.7 Å². The van der Waals surface area contributed by atoms with Crippen molar-refractivity contribution >= 4 is 7.41 Å². The summed E-state index contributed by atoms with van der Waals surface area (Å²) in [6.07, 6.45) is 3.86. The summed E-state index contributed by atoms with van der Waals surface area (Å²) in [7, 11) is 2.18. The summed E-state index contributed by atoms with van der Waals surface area (Å²) >= 11 is 0. The van der Waals surface area contributed by atoms with Crippen LogP contribution in [0.25, 0.3) is 0 Å². The molecule has 1 N–H and O–H groups in total. The second-order valence-corrected chi connectivity index (χ2v) is 4.59. The molecule has 1 rings (SSSR count). The zero-order valence-corrected chi connectivity index (χ0v) is 9.92. The van der Waals surface area contributed by atoms with Crippen LogP contribution in [0.3, 0.4) is 0 Å². The molecule has 0 spiro atoms. The number of rotatable bonds is 5. The summed E-state index contributed by atoms with van der Waals surface area (Å²) < 4.78 is 0. The molecule has 0 aromatic rings. The maximum atomic E-state index is 3.41. The van der Waals surface area contributed by atoms with Gasteiger partial charge >= 0.3 is 0 Å². The van der Waals surface area contributed by atoms with E-state index in [-0.39, 0.29) is 0 Å². The highest BCUT2D eigenvalue weighted by Crippen LogP contribution is 2.17. The molecule has 0 atom stereocenters. The number of likely N-dealkylation sites (tertiary alicyclic amines) is 1. The minimum Gasteiger partial charge on any atom is -0.360 e. The van der Waals surface area contributed by atoms with Crippen LogP contribution in [0.4, 0.5) is 0 Å². The highest BCUT2D eigenvalue weighted by atomic mass is 15.1. The second kappa shape index (κ2) is 6.47. The molecule has 0 aromatic carbocycles. The predicted octanol–water partition coefficient (Wildman–Crippen LogP) is 1.75. The van der Waals surface area contributed by atoms with E-state index in [1.54, 1.807) is 0 Å². The average molecular weight is 195 g/mol. The fourth-order valence-electron chi connectivity index (χ4n) is 2.07. The summed E-state index contributed by atoms with van der Waals surface area (Å²) in [6, 6.07) is 0.728. The molecular formula is C11H24BN2. The molecule has 1 radical (unpaired) electrons. The van der Waals surface area contributed by atoms with Crippen molar-refractivity contribution in [3.8, 4) is 0 Å². The van der Waals surface area contributed by atoms with E-state index in [0.717, 1.165) is 18.3 Å². The Balaban J connectivity index is 2.09. The van der Waals surface area contributed by atoms with Gasteiger partial charge in [0.25, 0.3) is 0 Å². The molecule has 1 heterocycles. The molecular weight excluding hydrogens is 171 g/mol. The van der Waals surface area contributed by atoms with Crippen LogP contribution >= 0.6 is 0 Å². The summed E-state index contributed by atoms with van der Waals surface area (Å²) in [5, 5.41) is 3.41. The predicted molar refractivity (Wildman–Crippen MR) is 63.7 cm³/mol. The van der Waals surface area contributed by atoms with Gasteiger partial charge in [-0.2, -0.15) is 0 Å². The van der Waals surface area contributed by atoms with Crippen LogP contribution < -0.4 is 5.23 Å². The van der Waals surface area contributed by atoms with Gasteiger partial charge in [-0.1, -0.05) is 13.2 Å². The Morgan fingerprint density at radius 2 is 2.00 bits per heavy atom. The minimum atomic E-state index is 0.728. The van der Waals surface area contributed by atoms with E-state index in [9.17, 15) is 0 Å². The van der Waals surface area contributed by atoms with Gasteiger partial charge in [-0.15, -0.1) is 0 Å². The fraction of sp³-hybridized carbons (Fsp3) is 1.00. The largest absolute Gasteiger partial charge is 0.360 e. The molecule has 0 bridgehead atoms. The first-order chi connectivity index (χ1) is 6.74. The van der Waals surface area contributed by atoms with E-state index in [2.05, 4.69) is 38.3 Å². The van der Waals surface area contributed by atoms with Gasteiger partial charge in [-0.3, -0.25) is 0 Å². The smallest absolute Gasteiger partial charge is 0.204 e. The van der Waals surface area contributed by atoms with Crippen molar-refractivity contribution in [1.29, 1.82) is 0 Å². The topological polar surface area (TPSA) is 15.3 Å². The lowest BCUT2D eigenvalue weighted by molar-refractivity contribution is 0.151. The Bertz CT molecular complexity index is 142. The van der Waals surface area contributed by atoms with Gasteiger partial charge in [0.2, 0.25) is 7.41 Å². The zero-order chi connectivity index (χ0) is 10.4. The van der Waals surface area contributed by atoms with Crippen LogP contribution in [0.2, 0.25) is 6.32 Å². The third kappa shape index (κ3) is 4.01. The first-order valence-corrected chi connectivity index (χ1v) is 6.03. The first kappa shape index (κ1) is 12.1. The van der Waals surface area contributed by atoms with Gasteiger partial charge in [0.05, 0.1) is 0 Å². The quantitative estimate of drug-likeness (QED) is 0.531. The Morgan fingerprint density at radius 1 is 1.36 bits per heavy atom. The molecule has 1 saturated heterocycles. The average Bonchev–Trinajstić information content (AvgIpc) is 2.19. The highest BCUT2D eigenvalue weighted by molar-refractivity contribution is 6.31. The first-order valence-electron chi connectivity index (χ1n) is 6.03. The van der Waals surface area contributed by atoms with Gasteiger partial charge in [-0.05, 0) is 52.2 Å². The van der Waals surface area contributed by atoms with E-state index < -0.39 is 0 Å². The number of hydrogen-bond acceptors (Lipinski definition) is 2. The van der Waals surface area contributed by atoms with Crippen LogP contribution in [0.1, 0.15) is 33.6 Å². The van der Waals surface area contributed by atoms with Crippen molar-refractivity contribution in [3.63, 3.8) is 0 Å². The number of hydrogen-bond donors (Lipinski definition) is 1. The molecule has 0 unspecified atom stereocenters. The molecule has 1 aliphatic rings. The summed E-state index contributed by atoms with van der Waals surface area (Å²) in [5.74, 6) is 0.896. The second-order valence-electron chi connectivity index (χ2n) is 4.59. The van der Waals surface area contributed by atoms with Crippen molar-refractivity contribution in [2.45, 2.75) is 46.0 Å². The van der Waals surface area contributed by atoms with Crippen molar-refractivity contribution < 1.29 is 0 Å². The molecule has 0 aliphatic carbocycles. The fourth-order valence-corrected chi connectivity index (χ4v) is 2.07.